The molecule has 0 bridgehead atoms. The molecule has 0 saturated carbocycles. The van der Waals surface area contributed by atoms with Gasteiger partial charge in [-0.05, 0) is 36.8 Å². The molecular weight excluding hydrogens is 306 g/mol. The Morgan fingerprint density at radius 3 is 2.53 bits per heavy atom. The number of hydrogen-bond acceptors (Lipinski definition) is 2. The molecule has 0 aliphatic carbocycles. The summed E-state index contributed by atoms with van der Waals surface area (Å²) in [6, 6.07) is 9.74. The van der Waals surface area contributed by atoms with E-state index < -0.39 is 6.10 Å². The third kappa shape index (κ3) is 3.42. The minimum atomic E-state index is -0.735. The third-order valence-corrected chi connectivity index (χ3v) is 4.42. The summed E-state index contributed by atoms with van der Waals surface area (Å²) in [4.78, 5) is 1.16. The van der Waals surface area contributed by atoms with Crippen molar-refractivity contribution >= 4 is 35.0 Å². The van der Waals surface area contributed by atoms with E-state index in [4.69, 9.17) is 23.2 Å². The summed E-state index contributed by atoms with van der Waals surface area (Å²) in [7, 11) is 0. The summed E-state index contributed by atoms with van der Waals surface area (Å²) >= 11 is 13.0. The molecule has 0 radical (unpaired) electrons. The molecular formula is C14H11Cl2FOS. The number of benzene rings is 2. The fourth-order valence-corrected chi connectivity index (χ4v) is 3.05. The number of hydrogen-bond donors (Lipinski definition) is 1. The van der Waals surface area contributed by atoms with E-state index in [0.29, 0.717) is 20.5 Å². The fraction of sp³-hybridized carbons (Fsp3) is 0.143. The van der Waals surface area contributed by atoms with E-state index in [-0.39, 0.29) is 5.82 Å². The van der Waals surface area contributed by atoms with Crippen LogP contribution in [0.2, 0.25) is 10.0 Å². The van der Waals surface area contributed by atoms with Crippen molar-refractivity contribution in [1.82, 2.24) is 0 Å². The Hall–Kier alpha value is -0.740. The highest BCUT2D eigenvalue weighted by atomic mass is 35.5. The van der Waals surface area contributed by atoms with Gasteiger partial charge < -0.3 is 5.11 Å². The van der Waals surface area contributed by atoms with Crippen LogP contribution >= 0.6 is 35.0 Å². The van der Waals surface area contributed by atoms with Gasteiger partial charge in [0.25, 0.3) is 0 Å². The van der Waals surface area contributed by atoms with Gasteiger partial charge in [0, 0.05) is 4.90 Å². The third-order valence-electron chi connectivity index (χ3n) is 2.56. The molecule has 2 aromatic carbocycles. The maximum absolute atomic E-state index is 13.9. The maximum Gasteiger partial charge on any atom is 0.137 e. The Morgan fingerprint density at radius 1 is 1.16 bits per heavy atom. The second-order valence-electron chi connectivity index (χ2n) is 4.01. The molecule has 2 aromatic rings. The minimum absolute atomic E-state index is 0.366. The number of aliphatic hydroxyl groups is 1. The van der Waals surface area contributed by atoms with Crippen molar-refractivity contribution in [1.29, 1.82) is 0 Å². The van der Waals surface area contributed by atoms with Gasteiger partial charge in [-0.3, -0.25) is 0 Å². The van der Waals surface area contributed by atoms with Gasteiger partial charge >= 0.3 is 0 Å². The van der Waals surface area contributed by atoms with Crippen LogP contribution < -0.4 is 0 Å². The molecule has 1 N–H and O–H groups in total. The highest BCUT2D eigenvalue weighted by Gasteiger charge is 2.14. The zero-order valence-corrected chi connectivity index (χ0v) is 12.4. The van der Waals surface area contributed by atoms with Crippen LogP contribution in [-0.4, -0.2) is 5.11 Å². The predicted molar refractivity (Wildman–Crippen MR) is 77.6 cm³/mol. The highest BCUT2D eigenvalue weighted by molar-refractivity contribution is 7.99. The van der Waals surface area contributed by atoms with Crippen LogP contribution in [0.3, 0.4) is 0 Å². The van der Waals surface area contributed by atoms with Crippen LogP contribution in [0.1, 0.15) is 18.6 Å². The maximum atomic E-state index is 13.9. The van der Waals surface area contributed by atoms with E-state index in [2.05, 4.69) is 0 Å². The molecule has 0 spiro atoms. The van der Waals surface area contributed by atoms with Crippen molar-refractivity contribution in [3.63, 3.8) is 0 Å². The van der Waals surface area contributed by atoms with Gasteiger partial charge in [0.15, 0.2) is 0 Å². The van der Waals surface area contributed by atoms with Gasteiger partial charge in [0.05, 0.1) is 21.0 Å². The Balaban J connectivity index is 2.40. The summed E-state index contributed by atoms with van der Waals surface area (Å²) in [5, 5.41) is 10.6. The predicted octanol–water partition coefficient (Wildman–Crippen LogP) is 5.34. The van der Waals surface area contributed by atoms with E-state index >= 15 is 0 Å². The molecule has 0 saturated heterocycles. The topological polar surface area (TPSA) is 20.2 Å². The van der Waals surface area contributed by atoms with Crippen molar-refractivity contribution in [3.8, 4) is 0 Å². The molecule has 5 heteroatoms. The van der Waals surface area contributed by atoms with Gasteiger partial charge in [-0.25, -0.2) is 4.39 Å². The van der Waals surface area contributed by atoms with E-state index in [1.54, 1.807) is 37.3 Å². The van der Waals surface area contributed by atoms with E-state index in [1.807, 2.05) is 0 Å². The van der Waals surface area contributed by atoms with Crippen LogP contribution in [0.4, 0.5) is 4.39 Å². The molecule has 1 nitrogen and oxygen atoms in total. The lowest BCUT2D eigenvalue weighted by atomic mass is 10.1. The van der Waals surface area contributed by atoms with Crippen molar-refractivity contribution < 1.29 is 9.50 Å². The van der Waals surface area contributed by atoms with Crippen molar-refractivity contribution in [3.05, 3.63) is 57.8 Å². The first-order valence-electron chi connectivity index (χ1n) is 5.58. The molecule has 0 aliphatic rings. The SMILES string of the molecule is C[C@@H](O)c1cccc(F)c1Sc1ccc(Cl)c(Cl)c1. The van der Waals surface area contributed by atoms with Gasteiger partial charge in [-0.2, -0.15) is 0 Å². The van der Waals surface area contributed by atoms with E-state index in [0.717, 1.165) is 4.90 Å². The highest BCUT2D eigenvalue weighted by Crippen LogP contribution is 2.37. The smallest absolute Gasteiger partial charge is 0.137 e. The van der Waals surface area contributed by atoms with Gasteiger partial charge in [-0.1, -0.05) is 47.1 Å². The summed E-state index contributed by atoms with van der Waals surface area (Å²) in [6.07, 6.45) is -0.735. The first-order chi connectivity index (χ1) is 8.99. The normalized spacial score (nSPS) is 12.5. The average molecular weight is 317 g/mol. The molecule has 0 heterocycles. The minimum Gasteiger partial charge on any atom is -0.389 e. The Bertz CT molecular complexity index is 602. The van der Waals surface area contributed by atoms with Gasteiger partial charge in [0.1, 0.15) is 5.82 Å². The Kier molecular flexibility index (Phi) is 4.74. The van der Waals surface area contributed by atoms with Crippen LogP contribution in [0.25, 0.3) is 0 Å². The number of aliphatic hydroxyl groups excluding tert-OH is 1. The van der Waals surface area contributed by atoms with Gasteiger partial charge in [0.2, 0.25) is 0 Å². The lowest BCUT2D eigenvalue weighted by Crippen LogP contribution is -1.96. The zero-order valence-electron chi connectivity index (χ0n) is 10.0. The summed E-state index contributed by atoms with van der Waals surface area (Å²) in [6.45, 7) is 1.60. The van der Waals surface area contributed by atoms with Crippen LogP contribution in [0.15, 0.2) is 46.2 Å². The largest absolute Gasteiger partial charge is 0.389 e. The number of rotatable bonds is 3. The Labute approximate surface area is 125 Å². The second-order valence-corrected chi connectivity index (χ2v) is 5.91. The molecule has 0 aromatic heterocycles. The van der Waals surface area contributed by atoms with E-state index in [9.17, 15) is 9.50 Å². The van der Waals surface area contributed by atoms with Crippen LogP contribution in [0.5, 0.6) is 0 Å². The molecule has 0 amide bonds. The van der Waals surface area contributed by atoms with Crippen molar-refractivity contribution in [2.75, 3.05) is 0 Å². The second kappa shape index (κ2) is 6.14. The molecule has 19 heavy (non-hydrogen) atoms. The summed E-state index contributed by atoms with van der Waals surface area (Å²) in [5.74, 6) is -0.366. The lowest BCUT2D eigenvalue weighted by Gasteiger charge is -2.12. The molecule has 0 aliphatic heterocycles. The van der Waals surface area contributed by atoms with Gasteiger partial charge in [-0.15, -0.1) is 0 Å². The molecule has 2 rings (SSSR count). The van der Waals surface area contributed by atoms with E-state index in [1.165, 1.54) is 17.8 Å². The molecule has 0 unspecified atom stereocenters. The first-order valence-corrected chi connectivity index (χ1v) is 7.15. The molecule has 0 fully saturated rings. The van der Waals surface area contributed by atoms with Crippen LogP contribution in [0, 0.1) is 5.82 Å². The summed E-state index contributed by atoms with van der Waals surface area (Å²) < 4.78 is 13.9. The quantitative estimate of drug-likeness (QED) is 0.825. The molecule has 100 valence electrons. The summed E-state index contributed by atoms with van der Waals surface area (Å²) in [5.41, 5.74) is 0.552. The average Bonchev–Trinajstić information content (AvgIpc) is 2.36. The monoisotopic (exact) mass is 316 g/mol. The Morgan fingerprint density at radius 2 is 1.89 bits per heavy atom. The standard InChI is InChI=1S/C14H11Cl2FOS/c1-8(18)10-3-2-4-13(17)14(10)19-9-5-6-11(15)12(16)7-9/h2-8,18H,1H3/t8-/m1/s1. The van der Waals surface area contributed by atoms with Crippen molar-refractivity contribution in [2.45, 2.75) is 22.8 Å². The molecule has 1 atom stereocenters. The fourth-order valence-electron chi connectivity index (χ4n) is 1.62. The number of halogens is 3. The lowest BCUT2D eigenvalue weighted by molar-refractivity contribution is 0.195. The first kappa shape index (κ1) is 14.7. The zero-order chi connectivity index (χ0) is 14.0. The van der Waals surface area contributed by atoms with Crippen molar-refractivity contribution in [2.24, 2.45) is 0 Å². The van der Waals surface area contributed by atoms with Crippen LogP contribution in [-0.2, 0) is 0 Å².